The zero-order valence-electron chi connectivity index (χ0n) is 3.44. The fourth-order valence-electron chi connectivity index (χ4n) is 0. The third-order valence-corrected chi connectivity index (χ3v) is 0.387. The van der Waals surface area contributed by atoms with E-state index in [1.807, 2.05) is 0 Å². The molecule has 0 bridgehead atoms. The molecule has 1 nitrogen and oxygen atoms in total. The molecule has 0 saturated heterocycles. The minimum absolute atomic E-state index is 0. The predicted octanol–water partition coefficient (Wildman–Crippen LogP) is 0.100. The van der Waals surface area contributed by atoms with Gasteiger partial charge in [-0.1, -0.05) is 0 Å². The molecule has 4 heteroatoms. The van der Waals surface area contributed by atoms with Gasteiger partial charge >= 0.3 is 0 Å². The summed E-state index contributed by atoms with van der Waals surface area (Å²) in [6.07, 6.45) is 0. The Balaban J connectivity index is -0.0000000450. The number of hydrogen-bond acceptors (Lipinski definition) is 2. The molecule has 0 aromatic heterocycles. The van der Waals surface area contributed by atoms with Crippen LogP contribution in [0.2, 0.25) is 0 Å². The summed E-state index contributed by atoms with van der Waals surface area (Å²) < 4.78 is 0. The first-order valence-corrected chi connectivity index (χ1v) is 1.86. The van der Waals surface area contributed by atoms with Gasteiger partial charge in [-0.05, 0) is 0 Å². The van der Waals surface area contributed by atoms with Crippen molar-refractivity contribution in [2.75, 3.05) is 12.3 Å². The maximum Gasteiger partial charge on any atom is 0.00255 e. The average Bonchev–Trinajstić information content (AvgIpc) is 1.37. The average molecular weight is 145 g/mol. The van der Waals surface area contributed by atoms with Gasteiger partial charge in [0, 0.05) is 12.3 Å². The predicted molar refractivity (Wildman–Crippen MR) is 43.7 cm³/mol. The van der Waals surface area contributed by atoms with Crippen LogP contribution in [0.15, 0.2) is 0 Å². The Labute approximate surface area is 58.0 Å². The maximum atomic E-state index is 4.95. The Morgan fingerprint density at radius 3 is 1.50 bits per heavy atom. The third-order valence-electron chi connectivity index (χ3n) is 0.129. The number of rotatable bonds is 1. The van der Waals surface area contributed by atoms with Crippen molar-refractivity contribution in [1.29, 1.82) is 0 Å². The molecule has 0 unspecified atom stereocenters. The van der Waals surface area contributed by atoms with Crippen molar-refractivity contribution in [3.05, 3.63) is 0 Å². The normalized spacial score (nSPS) is 5.00. The van der Waals surface area contributed by atoms with E-state index in [1.54, 1.807) is 0 Å². The van der Waals surface area contributed by atoms with Crippen LogP contribution in [0, 0.1) is 0 Å². The topological polar surface area (TPSA) is 26.0 Å². The smallest absolute Gasteiger partial charge is 0.00255 e. The van der Waals surface area contributed by atoms with E-state index in [0.29, 0.717) is 6.54 Å². The molecule has 0 aromatic rings. The highest BCUT2D eigenvalue weighted by molar-refractivity contribution is 7.80. The lowest BCUT2D eigenvalue weighted by Crippen LogP contribution is -1.97. The molecule has 42 valence electrons. The highest BCUT2D eigenvalue weighted by Crippen LogP contribution is 1.58. The molecular formula is C2H11NS3. The zero-order chi connectivity index (χ0) is 3.41. The SMILES string of the molecule is NCCS.S.S. The van der Waals surface area contributed by atoms with Gasteiger partial charge < -0.3 is 5.73 Å². The van der Waals surface area contributed by atoms with Gasteiger partial charge in [-0.3, -0.25) is 0 Å². The minimum atomic E-state index is 0. The van der Waals surface area contributed by atoms with Crippen LogP contribution in [0.1, 0.15) is 0 Å². The standard InChI is InChI=1S/C2H7NS.2H2S/c3-1-2-4;;/h4H,1-3H2;2*1H2. The molecule has 0 aliphatic heterocycles. The van der Waals surface area contributed by atoms with Crippen LogP contribution >= 0.6 is 39.6 Å². The summed E-state index contributed by atoms with van der Waals surface area (Å²) in [5, 5.41) is 0. The summed E-state index contributed by atoms with van der Waals surface area (Å²) in [5.74, 6) is 0.792. The van der Waals surface area contributed by atoms with E-state index in [1.165, 1.54) is 0 Å². The highest BCUT2D eigenvalue weighted by Gasteiger charge is 1.56. The van der Waals surface area contributed by atoms with Gasteiger partial charge in [0.15, 0.2) is 0 Å². The van der Waals surface area contributed by atoms with Crippen LogP contribution in [-0.2, 0) is 0 Å². The van der Waals surface area contributed by atoms with Crippen molar-refractivity contribution < 1.29 is 0 Å². The molecule has 0 saturated carbocycles. The Morgan fingerprint density at radius 2 is 1.50 bits per heavy atom. The molecule has 0 aliphatic rings. The number of nitrogens with two attached hydrogens (primary N) is 1. The van der Waals surface area contributed by atoms with E-state index in [0.717, 1.165) is 5.75 Å². The van der Waals surface area contributed by atoms with Crippen molar-refractivity contribution in [2.24, 2.45) is 5.73 Å². The molecule has 0 spiro atoms. The maximum absolute atomic E-state index is 4.95. The van der Waals surface area contributed by atoms with E-state index in [4.69, 9.17) is 5.73 Å². The lowest BCUT2D eigenvalue weighted by molar-refractivity contribution is 1.16. The molecule has 0 amide bonds. The number of hydrogen-bond donors (Lipinski definition) is 2. The van der Waals surface area contributed by atoms with Gasteiger partial charge in [-0.15, -0.1) is 0 Å². The molecule has 0 atom stereocenters. The number of thiol groups is 1. The van der Waals surface area contributed by atoms with Crippen molar-refractivity contribution in [3.8, 4) is 0 Å². The van der Waals surface area contributed by atoms with Crippen molar-refractivity contribution in [3.63, 3.8) is 0 Å². The quantitative estimate of drug-likeness (QED) is 0.503. The molecule has 0 aliphatic carbocycles. The first-order chi connectivity index (χ1) is 1.91. The third kappa shape index (κ3) is 19.9. The van der Waals surface area contributed by atoms with E-state index < -0.39 is 0 Å². The van der Waals surface area contributed by atoms with Crippen LogP contribution in [-0.4, -0.2) is 12.3 Å². The van der Waals surface area contributed by atoms with E-state index in [2.05, 4.69) is 12.6 Å². The lowest BCUT2D eigenvalue weighted by Gasteiger charge is -1.69. The second kappa shape index (κ2) is 16.7. The van der Waals surface area contributed by atoms with Crippen molar-refractivity contribution >= 4 is 39.6 Å². The summed E-state index contributed by atoms with van der Waals surface area (Å²) in [6, 6.07) is 0. The Hall–Kier alpha value is 1.01. The molecule has 0 radical (unpaired) electrons. The summed E-state index contributed by atoms with van der Waals surface area (Å²) in [7, 11) is 0. The first-order valence-electron chi connectivity index (χ1n) is 1.22. The fourth-order valence-corrected chi connectivity index (χ4v) is 0. The van der Waals surface area contributed by atoms with E-state index in [9.17, 15) is 0 Å². The van der Waals surface area contributed by atoms with Crippen LogP contribution in [0.4, 0.5) is 0 Å². The summed E-state index contributed by atoms with van der Waals surface area (Å²) in [6.45, 7) is 0.684. The second-order valence-electron chi connectivity index (χ2n) is 0.512. The van der Waals surface area contributed by atoms with Crippen LogP contribution < -0.4 is 5.73 Å². The summed E-state index contributed by atoms with van der Waals surface area (Å²) in [5.41, 5.74) is 4.95. The fraction of sp³-hybridized carbons (Fsp3) is 1.00. The van der Waals surface area contributed by atoms with E-state index in [-0.39, 0.29) is 27.0 Å². The summed E-state index contributed by atoms with van der Waals surface area (Å²) >= 11 is 3.80. The van der Waals surface area contributed by atoms with Gasteiger partial charge in [-0.25, -0.2) is 0 Å². The van der Waals surface area contributed by atoms with Crippen LogP contribution in [0.3, 0.4) is 0 Å². The summed E-state index contributed by atoms with van der Waals surface area (Å²) in [4.78, 5) is 0. The van der Waals surface area contributed by atoms with Gasteiger partial charge in [0.05, 0.1) is 0 Å². The molecule has 6 heavy (non-hydrogen) atoms. The van der Waals surface area contributed by atoms with Gasteiger partial charge in [0.2, 0.25) is 0 Å². The largest absolute Gasteiger partial charge is 0.330 e. The van der Waals surface area contributed by atoms with Crippen LogP contribution in [0.5, 0.6) is 0 Å². The van der Waals surface area contributed by atoms with Crippen LogP contribution in [0.25, 0.3) is 0 Å². The molecule has 2 N–H and O–H groups in total. The first kappa shape index (κ1) is 15.7. The van der Waals surface area contributed by atoms with Gasteiger partial charge in [0.25, 0.3) is 0 Å². The van der Waals surface area contributed by atoms with Gasteiger partial charge in [0.1, 0.15) is 0 Å². The minimum Gasteiger partial charge on any atom is -0.330 e. The van der Waals surface area contributed by atoms with Crippen molar-refractivity contribution in [1.82, 2.24) is 0 Å². The second-order valence-corrected chi connectivity index (χ2v) is 0.959. The lowest BCUT2D eigenvalue weighted by atomic mass is 10.8. The molecule has 0 fully saturated rings. The Bertz CT molecular complexity index is 10.8. The molecule has 0 rings (SSSR count). The zero-order valence-corrected chi connectivity index (χ0v) is 6.33. The molecule has 0 aromatic carbocycles. The molecular weight excluding hydrogens is 134 g/mol. The Morgan fingerprint density at radius 1 is 1.33 bits per heavy atom. The van der Waals surface area contributed by atoms with Gasteiger partial charge in [-0.2, -0.15) is 39.6 Å². The highest BCUT2D eigenvalue weighted by atomic mass is 32.1. The Kier molecular flexibility index (Phi) is 43.7. The van der Waals surface area contributed by atoms with E-state index >= 15 is 0 Å². The van der Waals surface area contributed by atoms with Crippen molar-refractivity contribution in [2.45, 2.75) is 0 Å². The molecule has 0 heterocycles. The monoisotopic (exact) mass is 145 g/mol.